The first-order valence-electron chi connectivity index (χ1n) is 8.80. The Hall–Kier alpha value is -3.65. The van der Waals surface area contributed by atoms with Gasteiger partial charge < -0.3 is 0 Å². The maximum atomic E-state index is 13.6. The molecule has 0 spiro atoms. The molecule has 6 nitrogen and oxygen atoms in total. The second kappa shape index (κ2) is 6.75. The summed E-state index contributed by atoms with van der Waals surface area (Å²) < 4.78 is 16.9. The lowest BCUT2D eigenvalue weighted by molar-refractivity contribution is 0.628. The summed E-state index contributed by atoms with van der Waals surface area (Å²) in [6.45, 7) is 0.135. The van der Waals surface area contributed by atoms with Crippen molar-refractivity contribution in [1.29, 1.82) is 0 Å². The minimum Gasteiger partial charge on any atom is -0.292 e. The Bertz CT molecular complexity index is 1500. The minimum atomic E-state index is -0.344. The second-order valence-electron chi connectivity index (χ2n) is 6.53. The summed E-state index contributed by atoms with van der Waals surface area (Å²) in [5, 5.41) is 1.80. The van der Waals surface area contributed by atoms with E-state index in [2.05, 4.69) is 9.97 Å². The molecular formula is C21H13FN4O2S. The summed E-state index contributed by atoms with van der Waals surface area (Å²) in [7, 11) is 0. The smallest absolute Gasteiger partial charge is 0.271 e. The molecule has 4 aromatic heterocycles. The number of hydrogen-bond donors (Lipinski definition) is 0. The van der Waals surface area contributed by atoms with Gasteiger partial charge in [0.15, 0.2) is 0 Å². The van der Waals surface area contributed by atoms with Gasteiger partial charge in [-0.25, -0.2) is 14.4 Å². The van der Waals surface area contributed by atoms with Gasteiger partial charge in [-0.15, -0.1) is 11.3 Å². The van der Waals surface area contributed by atoms with Crippen LogP contribution in [0, 0.1) is 5.82 Å². The maximum Gasteiger partial charge on any atom is 0.271 e. The van der Waals surface area contributed by atoms with Crippen LogP contribution in [0.5, 0.6) is 0 Å². The van der Waals surface area contributed by atoms with Crippen molar-refractivity contribution in [2.75, 3.05) is 0 Å². The second-order valence-corrected chi connectivity index (χ2v) is 7.41. The van der Waals surface area contributed by atoms with Gasteiger partial charge in [-0.3, -0.25) is 18.6 Å². The van der Waals surface area contributed by atoms with Crippen LogP contribution in [0.15, 0.2) is 76.0 Å². The molecule has 5 rings (SSSR count). The summed E-state index contributed by atoms with van der Waals surface area (Å²) in [6.07, 6.45) is 3.09. The number of halogens is 1. The summed E-state index contributed by atoms with van der Waals surface area (Å²) in [5.41, 5.74) is 2.48. The normalized spacial score (nSPS) is 11.3. The van der Waals surface area contributed by atoms with Crippen molar-refractivity contribution in [3.8, 4) is 11.1 Å². The average molecular weight is 404 g/mol. The number of aromatic nitrogens is 4. The molecule has 0 saturated heterocycles. The SMILES string of the molecule is O=c1c2scc(-c3cccc(F)c3)c2ncn1Cc1cc(=O)n2ccccc2n1. The van der Waals surface area contributed by atoms with E-state index in [0.29, 0.717) is 27.1 Å². The van der Waals surface area contributed by atoms with E-state index >= 15 is 0 Å². The van der Waals surface area contributed by atoms with Gasteiger partial charge >= 0.3 is 0 Å². The van der Waals surface area contributed by atoms with Crippen LogP contribution in [0.2, 0.25) is 0 Å². The van der Waals surface area contributed by atoms with Crippen molar-refractivity contribution >= 4 is 27.2 Å². The predicted molar refractivity (Wildman–Crippen MR) is 110 cm³/mol. The Morgan fingerprint density at radius 1 is 1.07 bits per heavy atom. The van der Waals surface area contributed by atoms with Gasteiger partial charge in [0, 0.05) is 23.2 Å². The quantitative estimate of drug-likeness (QED) is 0.463. The van der Waals surface area contributed by atoms with Crippen LogP contribution in [0.4, 0.5) is 4.39 Å². The fraction of sp³-hybridized carbons (Fsp3) is 0.0476. The van der Waals surface area contributed by atoms with Crippen LogP contribution in [0.1, 0.15) is 5.69 Å². The zero-order valence-corrected chi connectivity index (χ0v) is 15.8. The standard InChI is InChI=1S/C21H13FN4O2S/c22-14-5-3-4-13(8-14)16-11-29-20-19(16)23-12-25(21(20)28)10-15-9-18(27)26-7-2-1-6-17(26)24-15/h1-9,11-12H,10H2. The molecule has 0 aliphatic carbocycles. The fourth-order valence-corrected chi connectivity index (χ4v) is 4.25. The van der Waals surface area contributed by atoms with Crippen molar-refractivity contribution in [2.24, 2.45) is 0 Å². The highest BCUT2D eigenvalue weighted by Gasteiger charge is 2.14. The van der Waals surface area contributed by atoms with Gasteiger partial charge in [0.1, 0.15) is 16.2 Å². The Balaban J connectivity index is 1.58. The topological polar surface area (TPSA) is 69.3 Å². The third-order valence-electron chi connectivity index (χ3n) is 4.64. The van der Waals surface area contributed by atoms with Crippen LogP contribution in [0.25, 0.3) is 27.0 Å². The Kier molecular flexibility index (Phi) is 4.06. The lowest BCUT2D eigenvalue weighted by Gasteiger charge is -2.07. The third kappa shape index (κ3) is 3.03. The summed E-state index contributed by atoms with van der Waals surface area (Å²) in [5.74, 6) is -0.344. The van der Waals surface area contributed by atoms with Crippen LogP contribution in [-0.2, 0) is 6.54 Å². The summed E-state index contributed by atoms with van der Waals surface area (Å²) in [4.78, 5) is 34.1. The molecule has 29 heavy (non-hydrogen) atoms. The number of hydrogen-bond acceptors (Lipinski definition) is 5. The Labute approximate surface area is 167 Å². The molecule has 4 heterocycles. The molecule has 0 radical (unpaired) electrons. The van der Waals surface area contributed by atoms with Crippen LogP contribution < -0.4 is 11.1 Å². The van der Waals surface area contributed by atoms with Crippen molar-refractivity contribution in [3.05, 3.63) is 98.7 Å². The van der Waals surface area contributed by atoms with E-state index in [1.54, 1.807) is 41.9 Å². The highest BCUT2D eigenvalue weighted by molar-refractivity contribution is 7.17. The van der Waals surface area contributed by atoms with E-state index in [-0.39, 0.29) is 23.5 Å². The molecule has 0 bridgehead atoms. The van der Waals surface area contributed by atoms with Crippen molar-refractivity contribution in [2.45, 2.75) is 6.54 Å². The molecule has 0 fully saturated rings. The molecule has 8 heteroatoms. The first-order valence-corrected chi connectivity index (χ1v) is 9.68. The van der Waals surface area contributed by atoms with E-state index in [9.17, 15) is 14.0 Å². The first-order chi connectivity index (χ1) is 14.1. The molecular weight excluding hydrogens is 391 g/mol. The largest absolute Gasteiger partial charge is 0.292 e. The lowest BCUT2D eigenvalue weighted by atomic mass is 10.1. The van der Waals surface area contributed by atoms with Crippen LogP contribution >= 0.6 is 11.3 Å². The molecule has 0 aliphatic rings. The minimum absolute atomic E-state index is 0.135. The molecule has 142 valence electrons. The van der Waals surface area contributed by atoms with E-state index in [1.807, 2.05) is 0 Å². The molecule has 5 aromatic rings. The van der Waals surface area contributed by atoms with E-state index in [0.717, 1.165) is 5.56 Å². The molecule has 0 amide bonds. The van der Waals surface area contributed by atoms with Gasteiger partial charge in [-0.1, -0.05) is 18.2 Å². The molecule has 0 aliphatic heterocycles. The van der Waals surface area contributed by atoms with Crippen molar-refractivity contribution in [1.82, 2.24) is 18.9 Å². The Morgan fingerprint density at radius 3 is 2.83 bits per heavy atom. The zero-order valence-electron chi connectivity index (χ0n) is 14.9. The monoisotopic (exact) mass is 404 g/mol. The van der Waals surface area contributed by atoms with Crippen molar-refractivity contribution in [3.63, 3.8) is 0 Å². The maximum absolute atomic E-state index is 13.6. The zero-order chi connectivity index (χ0) is 20.0. The van der Waals surface area contributed by atoms with Gasteiger partial charge in [0.05, 0.1) is 24.1 Å². The Morgan fingerprint density at radius 2 is 1.97 bits per heavy atom. The van der Waals surface area contributed by atoms with E-state index in [4.69, 9.17) is 0 Å². The number of pyridine rings is 1. The van der Waals surface area contributed by atoms with Gasteiger partial charge in [0.25, 0.3) is 11.1 Å². The first kappa shape index (κ1) is 17.4. The number of benzene rings is 1. The molecule has 0 unspecified atom stereocenters. The lowest BCUT2D eigenvalue weighted by Crippen LogP contribution is -2.23. The van der Waals surface area contributed by atoms with E-state index < -0.39 is 0 Å². The number of fused-ring (bicyclic) bond motifs is 2. The van der Waals surface area contributed by atoms with Gasteiger partial charge in [-0.05, 0) is 29.8 Å². The van der Waals surface area contributed by atoms with Crippen LogP contribution in [0.3, 0.4) is 0 Å². The molecule has 1 aromatic carbocycles. The fourth-order valence-electron chi connectivity index (χ4n) is 3.27. The molecule has 0 atom stereocenters. The third-order valence-corrected chi connectivity index (χ3v) is 5.60. The van der Waals surface area contributed by atoms with E-state index in [1.165, 1.54) is 44.8 Å². The summed E-state index contributed by atoms with van der Waals surface area (Å²) in [6, 6.07) is 12.9. The number of thiophene rings is 1. The van der Waals surface area contributed by atoms with Gasteiger partial charge in [-0.2, -0.15) is 0 Å². The predicted octanol–water partition coefficient (Wildman–Crippen LogP) is 3.32. The van der Waals surface area contributed by atoms with Gasteiger partial charge in [0.2, 0.25) is 0 Å². The number of nitrogens with zero attached hydrogens (tertiary/aromatic N) is 4. The van der Waals surface area contributed by atoms with Crippen LogP contribution in [-0.4, -0.2) is 18.9 Å². The highest BCUT2D eigenvalue weighted by atomic mass is 32.1. The highest BCUT2D eigenvalue weighted by Crippen LogP contribution is 2.30. The summed E-state index contributed by atoms with van der Waals surface area (Å²) >= 11 is 1.27. The van der Waals surface area contributed by atoms with Crippen molar-refractivity contribution < 1.29 is 4.39 Å². The number of rotatable bonds is 3. The molecule has 0 saturated carbocycles. The average Bonchev–Trinajstić information content (AvgIpc) is 3.15. The molecule has 0 N–H and O–H groups in total.